The maximum absolute atomic E-state index is 9.02. The van der Waals surface area contributed by atoms with Crippen LogP contribution in [0.2, 0.25) is 0 Å². The van der Waals surface area contributed by atoms with E-state index in [-0.39, 0.29) is 36.3 Å². The van der Waals surface area contributed by atoms with Crippen molar-refractivity contribution >= 4 is 53.3 Å². The van der Waals surface area contributed by atoms with Gasteiger partial charge in [-0.15, -0.1) is 11.3 Å². The van der Waals surface area contributed by atoms with Crippen molar-refractivity contribution in [3.63, 3.8) is 0 Å². The van der Waals surface area contributed by atoms with Crippen molar-refractivity contribution in [1.82, 2.24) is 19.5 Å². The van der Waals surface area contributed by atoms with Gasteiger partial charge in [0.15, 0.2) is 17.5 Å². The number of rotatable bonds is 4. The molecule has 0 N–H and O–H groups in total. The first-order valence-corrected chi connectivity index (χ1v) is 14.9. The van der Waals surface area contributed by atoms with Crippen molar-refractivity contribution in [2.75, 3.05) is 0 Å². The molecule has 3 heterocycles. The van der Waals surface area contributed by atoms with E-state index < -0.39 is 0 Å². The Morgan fingerprint density at radius 3 is 1.84 bits per heavy atom. The molecule has 0 bridgehead atoms. The largest absolute Gasteiger partial charge is 0.309 e. The normalized spacial score (nSPS) is 13.5. The highest BCUT2D eigenvalue weighted by atomic mass is 32.1. The summed E-state index contributed by atoms with van der Waals surface area (Å²) in [5.41, 5.74) is 4.37. The van der Waals surface area contributed by atoms with Crippen molar-refractivity contribution in [2.24, 2.45) is 0 Å². The maximum Gasteiger partial charge on any atom is 0.164 e. The lowest BCUT2D eigenvalue weighted by Crippen LogP contribution is -2.01. The Labute approximate surface area is 266 Å². The average molecular weight is 587 g/mol. The van der Waals surface area contributed by atoms with Crippen LogP contribution >= 0.6 is 11.3 Å². The fourth-order valence-electron chi connectivity index (χ4n) is 5.78. The number of hydrogen-bond acceptors (Lipinski definition) is 4. The van der Waals surface area contributed by atoms with E-state index in [1.807, 2.05) is 102 Å². The van der Waals surface area contributed by atoms with Crippen LogP contribution in [0.3, 0.4) is 0 Å². The Kier molecular flexibility index (Phi) is 4.42. The molecular weight excluding hydrogens is 557 g/mol. The minimum atomic E-state index is -0.0549. The molecule has 0 fully saturated rings. The van der Waals surface area contributed by atoms with Crippen LogP contribution in [0.15, 0.2) is 145 Å². The van der Waals surface area contributed by atoms with Gasteiger partial charge >= 0.3 is 0 Å². The van der Waals surface area contributed by atoms with Crippen LogP contribution < -0.4 is 0 Å². The Hall–Kier alpha value is -5.65. The zero-order chi connectivity index (χ0) is 34.3. The molecule has 0 amide bonds. The van der Waals surface area contributed by atoms with Gasteiger partial charge in [-0.1, -0.05) is 109 Å². The van der Waals surface area contributed by atoms with Gasteiger partial charge in [0.05, 0.1) is 19.3 Å². The number of hydrogen-bond donors (Lipinski definition) is 0. The molecule has 3 aromatic heterocycles. The molecule has 0 saturated heterocycles. The lowest BCUT2D eigenvalue weighted by atomic mass is 10.1. The van der Waals surface area contributed by atoms with Gasteiger partial charge < -0.3 is 4.57 Å². The highest BCUT2D eigenvalue weighted by Crippen LogP contribution is 2.40. The minimum absolute atomic E-state index is 0.000667. The van der Waals surface area contributed by atoms with Crippen LogP contribution in [0.5, 0.6) is 0 Å². The van der Waals surface area contributed by atoms with Gasteiger partial charge in [0.1, 0.15) is 0 Å². The number of aromatic nitrogens is 4. The molecule has 0 spiro atoms. The Bertz CT molecular complexity index is 2780. The molecule has 5 heteroatoms. The molecule has 0 aliphatic rings. The molecule has 4 nitrogen and oxygen atoms in total. The predicted octanol–water partition coefficient (Wildman–Crippen LogP) is 10.3. The molecule has 0 aliphatic carbocycles. The van der Waals surface area contributed by atoms with Gasteiger partial charge in [-0.3, -0.25) is 0 Å². The molecule has 6 aromatic carbocycles. The summed E-state index contributed by atoms with van der Waals surface area (Å²) >= 11 is 1.39. The highest BCUT2D eigenvalue weighted by Gasteiger charge is 2.17. The van der Waals surface area contributed by atoms with Crippen LogP contribution in [0.1, 0.15) is 8.22 Å². The lowest BCUT2D eigenvalue weighted by molar-refractivity contribution is 1.07. The van der Waals surface area contributed by atoms with Crippen molar-refractivity contribution in [2.45, 2.75) is 0 Å². The molecule has 9 rings (SSSR count). The van der Waals surface area contributed by atoms with E-state index in [9.17, 15) is 0 Å². The summed E-state index contributed by atoms with van der Waals surface area (Å²) < 4.78 is 55.3. The first kappa shape index (κ1) is 19.5. The van der Waals surface area contributed by atoms with Gasteiger partial charge in [-0.05, 0) is 36.4 Å². The standard InChI is InChI=1S/C39H24N4S/c1-3-12-25(13-4-1)37-40-38(26-14-5-2-6-15-26)42-39(41-37)27-16-11-17-28(22-27)43-33-20-9-7-18-29(33)31-23-32-30-19-8-10-21-35(30)44-36(32)24-34(31)43/h1-24H/i7D,8D,18D,19D,20D,21D. The fourth-order valence-corrected chi connectivity index (χ4v) is 6.82. The smallest absolute Gasteiger partial charge is 0.164 e. The van der Waals surface area contributed by atoms with E-state index in [0.29, 0.717) is 54.9 Å². The third-order valence-electron chi connectivity index (χ3n) is 7.79. The molecule has 44 heavy (non-hydrogen) atoms. The second-order valence-corrected chi connectivity index (χ2v) is 11.5. The molecule has 0 saturated carbocycles. The fraction of sp³-hybridized carbons (Fsp3) is 0. The summed E-state index contributed by atoms with van der Waals surface area (Å²) in [7, 11) is 0. The number of benzene rings is 6. The summed E-state index contributed by atoms with van der Waals surface area (Å²) in [5.74, 6) is 1.56. The van der Waals surface area contributed by atoms with E-state index in [1.165, 1.54) is 23.5 Å². The van der Waals surface area contributed by atoms with Crippen LogP contribution in [-0.2, 0) is 0 Å². The van der Waals surface area contributed by atoms with Gasteiger partial charge in [-0.25, -0.2) is 15.0 Å². The summed E-state index contributed by atoms with van der Waals surface area (Å²) in [5, 5.41) is 2.36. The highest BCUT2D eigenvalue weighted by molar-refractivity contribution is 7.25. The Morgan fingerprint density at radius 1 is 0.477 bits per heavy atom. The van der Waals surface area contributed by atoms with E-state index in [4.69, 9.17) is 23.2 Å². The third kappa shape index (κ3) is 4.02. The Morgan fingerprint density at radius 2 is 1.11 bits per heavy atom. The molecule has 0 unspecified atom stereocenters. The van der Waals surface area contributed by atoms with Crippen LogP contribution in [-0.4, -0.2) is 19.5 Å². The third-order valence-corrected chi connectivity index (χ3v) is 8.87. The maximum atomic E-state index is 9.02. The molecular formula is C39H24N4S. The SMILES string of the molecule is [2H]c1cc([2H])c2sc3cc4c(cc3c2c1[2H])c1c([2H])c([2H])cc([2H])c1n4-c1cccc(-c2nc(-c3ccccc3)nc(-c3ccccc3)n2)c1. The molecule has 9 aromatic rings. The topological polar surface area (TPSA) is 43.6 Å². The first-order valence-electron chi connectivity index (χ1n) is 17.1. The van der Waals surface area contributed by atoms with Gasteiger partial charge in [0.2, 0.25) is 0 Å². The summed E-state index contributed by atoms with van der Waals surface area (Å²) in [6, 6.07) is 34.2. The van der Waals surface area contributed by atoms with Gasteiger partial charge in [0.25, 0.3) is 0 Å². The monoisotopic (exact) mass is 586 g/mol. The van der Waals surface area contributed by atoms with E-state index >= 15 is 0 Å². The van der Waals surface area contributed by atoms with Crippen molar-refractivity contribution in [1.29, 1.82) is 0 Å². The van der Waals surface area contributed by atoms with Crippen LogP contribution in [0, 0.1) is 0 Å². The number of fused-ring (bicyclic) bond motifs is 6. The van der Waals surface area contributed by atoms with Crippen LogP contribution in [0.4, 0.5) is 0 Å². The lowest BCUT2D eigenvalue weighted by Gasteiger charge is -2.11. The quantitative estimate of drug-likeness (QED) is 0.206. The predicted molar refractivity (Wildman–Crippen MR) is 183 cm³/mol. The Balaban J connectivity index is 1.32. The molecule has 0 radical (unpaired) electrons. The molecule has 0 aliphatic heterocycles. The van der Waals surface area contributed by atoms with Crippen molar-refractivity contribution in [3.05, 3.63) is 145 Å². The summed E-state index contributed by atoms with van der Waals surface area (Å²) in [6.45, 7) is 0. The first-order chi connectivity index (χ1) is 24.3. The van der Waals surface area contributed by atoms with Gasteiger partial charge in [0, 0.05) is 53.3 Å². The zero-order valence-electron chi connectivity index (χ0n) is 29.1. The van der Waals surface area contributed by atoms with Gasteiger partial charge in [-0.2, -0.15) is 0 Å². The van der Waals surface area contributed by atoms with E-state index in [1.54, 1.807) is 0 Å². The zero-order valence-corrected chi connectivity index (χ0v) is 23.9. The second-order valence-electron chi connectivity index (χ2n) is 10.4. The summed E-state index contributed by atoms with van der Waals surface area (Å²) in [6.07, 6.45) is 0. The van der Waals surface area contributed by atoms with Crippen molar-refractivity contribution < 1.29 is 8.22 Å². The van der Waals surface area contributed by atoms with E-state index in [0.717, 1.165) is 26.9 Å². The number of para-hydroxylation sites is 1. The number of thiophene rings is 1. The van der Waals surface area contributed by atoms with Crippen molar-refractivity contribution in [3.8, 4) is 39.9 Å². The number of nitrogens with zero attached hydrogens (tertiary/aromatic N) is 4. The molecule has 206 valence electrons. The second kappa shape index (κ2) is 9.97. The van der Waals surface area contributed by atoms with E-state index in [2.05, 4.69) is 0 Å². The minimum Gasteiger partial charge on any atom is -0.309 e. The average Bonchev–Trinajstić information content (AvgIpc) is 3.69. The molecule has 0 atom stereocenters. The van der Waals surface area contributed by atoms with Crippen LogP contribution in [0.25, 0.3) is 81.8 Å². The summed E-state index contributed by atoms with van der Waals surface area (Å²) in [4.78, 5) is 14.6.